The SMILES string of the molecule is CCC1(CNC(C)c2cnn(C)c2)CC1. The largest absolute Gasteiger partial charge is 0.310 e. The molecular formula is C12H21N3. The lowest BCUT2D eigenvalue weighted by Gasteiger charge is -2.17. The standard InChI is InChI=1S/C12H21N3/c1-4-12(5-6-12)9-13-10(2)11-7-14-15(3)8-11/h7-8,10,13H,4-6,9H2,1-3H3. The third-order valence-corrected chi connectivity index (χ3v) is 3.72. The number of hydrogen-bond donors (Lipinski definition) is 1. The van der Waals surface area contributed by atoms with Gasteiger partial charge in [0.15, 0.2) is 0 Å². The number of nitrogens with one attached hydrogen (secondary N) is 1. The molecule has 1 aromatic heterocycles. The second-order valence-corrected chi connectivity index (χ2v) is 4.90. The van der Waals surface area contributed by atoms with Gasteiger partial charge in [0.05, 0.1) is 6.20 Å². The number of aryl methyl sites for hydroxylation is 1. The molecule has 0 bridgehead atoms. The molecule has 1 aliphatic rings. The molecule has 2 rings (SSSR count). The molecule has 1 aliphatic carbocycles. The summed E-state index contributed by atoms with van der Waals surface area (Å²) >= 11 is 0. The molecule has 0 radical (unpaired) electrons. The zero-order valence-electron chi connectivity index (χ0n) is 9.95. The van der Waals surface area contributed by atoms with Crippen LogP contribution in [0.5, 0.6) is 0 Å². The van der Waals surface area contributed by atoms with Crippen molar-refractivity contribution in [1.29, 1.82) is 0 Å². The number of nitrogens with zero attached hydrogens (tertiary/aromatic N) is 2. The van der Waals surface area contributed by atoms with Gasteiger partial charge in [-0.15, -0.1) is 0 Å². The molecule has 3 nitrogen and oxygen atoms in total. The Hall–Kier alpha value is -0.830. The number of aromatic nitrogens is 2. The van der Waals surface area contributed by atoms with Crippen LogP contribution < -0.4 is 5.32 Å². The van der Waals surface area contributed by atoms with Gasteiger partial charge in [0.2, 0.25) is 0 Å². The van der Waals surface area contributed by atoms with Gasteiger partial charge in [-0.1, -0.05) is 6.92 Å². The number of rotatable bonds is 5. The highest BCUT2D eigenvalue weighted by Crippen LogP contribution is 2.48. The van der Waals surface area contributed by atoms with Gasteiger partial charge < -0.3 is 5.32 Å². The predicted octanol–water partition coefficient (Wildman–Crippen LogP) is 2.26. The van der Waals surface area contributed by atoms with Gasteiger partial charge in [-0.3, -0.25) is 4.68 Å². The summed E-state index contributed by atoms with van der Waals surface area (Å²) < 4.78 is 1.86. The highest BCUT2D eigenvalue weighted by molar-refractivity contribution is 5.09. The fraction of sp³-hybridized carbons (Fsp3) is 0.750. The summed E-state index contributed by atoms with van der Waals surface area (Å²) in [7, 11) is 1.96. The molecule has 15 heavy (non-hydrogen) atoms. The summed E-state index contributed by atoms with van der Waals surface area (Å²) in [6.45, 7) is 5.66. The van der Waals surface area contributed by atoms with Gasteiger partial charge in [0.1, 0.15) is 0 Å². The Morgan fingerprint density at radius 2 is 2.33 bits per heavy atom. The molecule has 0 aromatic carbocycles. The van der Waals surface area contributed by atoms with E-state index in [1.54, 1.807) is 0 Å². The summed E-state index contributed by atoms with van der Waals surface area (Å²) in [5, 5.41) is 7.81. The van der Waals surface area contributed by atoms with Gasteiger partial charge >= 0.3 is 0 Å². The monoisotopic (exact) mass is 207 g/mol. The van der Waals surface area contributed by atoms with Crippen molar-refractivity contribution in [3.05, 3.63) is 18.0 Å². The Morgan fingerprint density at radius 3 is 2.80 bits per heavy atom. The molecule has 1 saturated carbocycles. The Bertz CT molecular complexity index is 325. The van der Waals surface area contributed by atoms with Crippen molar-refractivity contribution < 1.29 is 0 Å². The minimum absolute atomic E-state index is 0.419. The molecule has 0 aliphatic heterocycles. The lowest BCUT2D eigenvalue weighted by Crippen LogP contribution is -2.26. The second kappa shape index (κ2) is 3.97. The summed E-state index contributed by atoms with van der Waals surface area (Å²) in [6, 6.07) is 0.419. The zero-order valence-corrected chi connectivity index (χ0v) is 9.95. The van der Waals surface area contributed by atoms with Crippen LogP contribution in [0, 0.1) is 5.41 Å². The van der Waals surface area contributed by atoms with Crippen LogP contribution in [0.2, 0.25) is 0 Å². The van der Waals surface area contributed by atoms with E-state index in [1.807, 2.05) is 17.9 Å². The topological polar surface area (TPSA) is 29.9 Å². The molecule has 0 amide bonds. The van der Waals surface area contributed by atoms with Gasteiger partial charge in [-0.2, -0.15) is 5.10 Å². The molecule has 3 heteroatoms. The molecule has 1 aromatic rings. The summed E-state index contributed by atoms with van der Waals surface area (Å²) in [4.78, 5) is 0. The first-order valence-corrected chi connectivity index (χ1v) is 5.87. The normalized spacial score (nSPS) is 20.2. The molecule has 0 saturated heterocycles. The van der Waals surface area contributed by atoms with E-state index in [-0.39, 0.29) is 0 Å². The zero-order chi connectivity index (χ0) is 10.9. The van der Waals surface area contributed by atoms with E-state index in [0.29, 0.717) is 11.5 Å². The van der Waals surface area contributed by atoms with Crippen LogP contribution in [-0.2, 0) is 7.05 Å². The van der Waals surface area contributed by atoms with Crippen molar-refractivity contribution in [1.82, 2.24) is 15.1 Å². The Kier molecular flexibility index (Phi) is 2.83. The van der Waals surface area contributed by atoms with E-state index in [9.17, 15) is 0 Å². The van der Waals surface area contributed by atoms with E-state index < -0.39 is 0 Å². The van der Waals surface area contributed by atoms with Crippen molar-refractivity contribution in [2.75, 3.05) is 6.54 Å². The summed E-state index contributed by atoms with van der Waals surface area (Å²) in [5.41, 5.74) is 1.90. The quantitative estimate of drug-likeness (QED) is 0.802. The Labute approximate surface area is 91.9 Å². The summed E-state index contributed by atoms with van der Waals surface area (Å²) in [5.74, 6) is 0. The van der Waals surface area contributed by atoms with Crippen molar-refractivity contribution in [2.24, 2.45) is 12.5 Å². The molecular weight excluding hydrogens is 186 g/mol. The first-order valence-electron chi connectivity index (χ1n) is 5.87. The van der Waals surface area contributed by atoms with E-state index in [4.69, 9.17) is 0 Å². The second-order valence-electron chi connectivity index (χ2n) is 4.90. The van der Waals surface area contributed by atoms with Gasteiger partial charge in [-0.25, -0.2) is 0 Å². The van der Waals surface area contributed by atoms with Crippen LogP contribution in [0.25, 0.3) is 0 Å². The van der Waals surface area contributed by atoms with Crippen LogP contribution >= 0.6 is 0 Å². The Balaban J connectivity index is 1.85. The van der Waals surface area contributed by atoms with Crippen LogP contribution in [0.3, 0.4) is 0 Å². The molecule has 0 spiro atoms. The number of hydrogen-bond acceptors (Lipinski definition) is 2. The lowest BCUT2D eigenvalue weighted by molar-refractivity contribution is 0.415. The van der Waals surface area contributed by atoms with Crippen molar-refractivity contribution in [3.63, 3.8) is 0 Å². The molecule has 1 fully saturated rings. The maximum absolute atomic E-state index is 4.19. The third-order valence-electron chi connectivity index (χ3n) is 3.72. The van der Waals surface area contributed by atoms with E-state index in [1.165, 1.54) is 24.8 Å². The van der Waals surface area contributed by atoms with Crippen LogP contribution in [0.15, 0.2) is 12.4 Å². The average Bonchev–Trinajstić information content (AvgIpc) is 2.90. The van der Waals surface area contributed by atoms with Crippen molar-refractivity contribution >= 4 is 0 Å². The predicted molar refractivity (Wildman–Crippen MR) is 61.6 cm³/mol. The molecule has 1 heterocycles. The third kappa shape index (κ3) is 2.40. The van der Waals surface area contributed by atoms with Crippen LogP contribution in [0.4, 0.5) is 0 Å². The van der Waals surface area contributed by atoms with Gasteiger partial charge in [0, 0.05) is 31.4 Å². The highest BCUT2D eigenvalue weighted by atomic mass is 15.2. The van der Waals surface area contributed by atoms with Crippen LogP contribution in [-0.4, -0.2) is 16.3 Å². The highest BCUT2D eigenvalue weighted by Gasteiger charge is 2.40. The van der Waals surface area contributed by atoms with E-state index in [2.05, 4.69) is 30.5 Å². The van der Waals surface area contributed by atoms with Gasteiger partial charge in [-0.05, 0) is 31.6 Å². The minimum atomic E-state index is 0.419. The first-order chi connectivity index (χ1) is 7.15. The molecule has 84 valence electrons. The maximum atomic E-state index is 4.19. The summed E-state index contributed by atoms with van der Waals surface area (Å²) in [6.07, 6.45) is 8.14. The van der Waals surface area contributed by atoms with E-state index in [0.717, 1.165) is 6.54 Å². The average molecular weight is 207 g/mol. The Morgan fingerprint density at radius 1 is 1.60 bits per heavy atom. The lowest BCUT2D eigenvalue weighted by atomic mass is 10.0. The van der Waals surface area contributed by atoms with Gasteiger partial charge in [0.25, 0.3) is 0 Å². The molecule has 1 atom stereocenters. The van der Waals surface area contributed by atoms with Crippen molar-refractivity contribution in [3.8, 4) is 0 Å². The van der Waals surface area contributed by atoms with E-state index >= 15 is 0 Å². The smallest absolute Gasteiger partial charge is 0.0537 e. The van der Waals surface area contributed by atoms with Crippen LogP contribution in [0.1, 0.15) is 44.7 Å². The molecule has 1 N–H and O–H groups in total. The maximum Gasteiger partial charge on any atom is 0.0537 e. The fourth-order valence-corrected chi connectivity index (χ4v) is 1.98. The fourth-order valence-electron chi connectivity index (χ4n) is 1.98. The molecule has 1 unspecified atom stereocenters. The first kappa shape index (κ1) is 10.7. The van der Waals surface area contributed by atoms with Crippen molar-refractivity contribution in [2.45, 2.75) is 39.2 Å². The minimum Gasteiger partial charge on any atom is -0.310 e.